The van der Waals surface area contributed by atoms with E-state index >= 15 is 0 Å². The predicted molar refractivity (Wildman–Crippen MR) is 169 cm³/mol. The van der Waals surface area contributed by atoms with Crippen LogP contribution in [0.1, 0.15) is 148 Å². The van der Waals surface area contributed by atoms with Gasteiger partial charge in [0.25, 0.3) is 7.82 Å². The third kappa shape index (κ3) is 29.1. The maximum atomic E-state index is 12.2. The Morgan fingerprint density at radius 3 is 1.45 bits per heavy atom. The van der Waals surface area contributed by atoms with Crippen LogP contribution in [0.5, 0.6) is 0 Å². The van der Waals surface area contributed by atoms with E-state index in [2.05, 4.69) is 12.2 Å². The molecule has 0 aromatic rings. The predicted octanol–water partition coefficient (Wildman–Crippen LogP) is 7.37. The first kappa shape index (κ1) is 41.0. The van der Waals surface area contributed by atoms with E-state index in [1.807, 2.05) is 21.1 Å². The number of nitrogens with one attached hydrogen (secondary N) is 1. The van der Waals surface area contributed by atoms with Gasteiger partial charge in [0.15, 0.2) is 6.04 Å². The summed E-state index contributed by atoms with van der Waals surface area (Å²) in [5.41, 5.74) is 0. The zero-order chi connectivity index (χ0) is 31.5. The third-order valence-corrected chi connectivity index (χ3v) is 8.52. The fourth-order valence-electron chi connectivity index (χ4n) is 4.79. The molecule has 0 aliphatic carbocycles. The van der Waals surface area contributed by atoms with Crippen molar-refractivity contribution in [2.45, 2.75) is 154 Å². The summed E-state index contributed by atoms with van der Waals surface area (Å²) in [5.74, 6) is -1.77. The van der Waals surface area contributed by atoms with Crippen molar-refractivity contribution in [1.82, 2.24) is 5.32 Å². The summed E-state index contributed by atoms with van der Waals surface area (Å²) in [5, 5.41) is 11.7. The average Bonchev–Trinajstić information content (AvgIpc) is 2.90. The molecule has 42 heavy (non-hydrogen) atoms. The van der Waals surface area contributed by atoms with E-state index in [1.165, 1.54) is 109 Å². The molecule has 0 saturated heterocycles. The largest absolute Gasteiger partial charge is 0.756 e. The molecule has 0 bridgehead atoms. The summed E-state index contributed by atoms with van der Waals surface area (Å²) in [4.78, 5) is 35.5. The van der Waals surface area contributed by atoms with Gasteiger partial charge in [-0.1, -0.05) is 135 Å². The lowest BCUT2D eigenvalue weighted by Crippen LogP contribution is -2.44. The smallest absolute Gasteiger partial charge is 0.328 e. The highest BCUT2D eigenvalue weighted by atomic mass is 31.2. The molecule has 0 rings (SSSR count). The molecule has 0 aromatic heterocycles. The number of carbonyl (C=O) groups is 2. The summed E-state index contributed by atoms with van der Waals surface area (Å²) in [6, 6.07) is -1.45. The molecule has 0 fully saturated rings. The van der Waals surface area contributed by atoms with Crippen molar-refractivity contribution in [2.24, 2.45) is 0 Å². The molecule has 9 nitrogen and oxygen atoms in total. The van der Waals surface area contributed by atoms with Gasteiger partial charge in [0.05, 0.1) is 27.7 Å². The Labute approximate surface area is 257 Å². The second-order valence-electron chi connectivity index (χ2n) is 12.9. The van der Waals surface area contributed by atoms with Gasteiger partial charge in [-0.25, -0.2) is 4.79 Å². The van der Waals surface area contributed by atoms with E-state index in [1.54, 1.807) is 0 Å². The van der Waals surface area contributed by atoms with Gasteiger partial charge < -0.3 is 28.8 Å². The Kier molecular flexibility index (Phi) is 25.8. The molecule has 0 radical (unpaired) electrons. The molecular formula is C32H65N2O7P. The molecule has 0 spiro atoms. The van der Waals surface area contributed by atoms with Gasteiger partial charge in [-0.2, -0.15) is 0 Å². The Morgan fingerprint density at radius 2 is 1.10 bits per heavy atom. The number of quaternary nitrogens is 1. The average molecular weight is 621 g/mol. The number of unbranched alkanes of at least 4 members (excludes halogenated alkanes) is 20. The van der Waals surface area contributed by atoms with Crippen LogP contribution < -0.4 is 10.2 Å². The molecular weight excluding hydrogens is 555 g/mol. The maximum absolute atomic E-state index is 12.2. The molecule has 250 valence electrons. The lowest BCUT2D eigenvalue weighted by Gasteiger charge is -2.28. The van der Waals surface area contributed by atoms with Crippen LogP contribution in [-0.4, -0.2) is 68.4 Å². The molecule has 1 amide bonds. The fourth-order valence-corrected chi connectivity index (χ4v) is 5.50. The molecule has 0 aromatic carbocycles. The van der Waals surface area contributed by atoms with Gasteiger partial charge in [0.2, 0.25) is 5.91 Å². The van der Waals surface area contributed by atoms with Gasteiger partial charge in [-0.3, -0.25) is 9.36 Å². The van der Waals surface area contributed by atoms with E-state index in [9.17, 15) is 24.2 Å². The van der Waals surface area contributed by atoms with Gasteiger partial charge in [0, 0.05) is 6.42 Å². The molecule has 0 saturated carbocycles. The van der Waals surface area contributed by atoms with Crippen molar-refractivity contribution in [2.75, 3.05) is 40.9 Å². The number of carbonyl (C=O) groups excluding carboxylic acids is 1. The molecule has 0 aliphatic rings. The van der Waals surface area contributed by atoms with Crippen LogP contribution in [0.2, 0.25) is 0 Å². The number of nitrogens with zero attached hydrogens (tertiary/aromatic N) is 1. The van der Waals surface area contributed by atoms with Crippen LogP contribution in [-0.2, 0) is 23.2 Å². The van der Waals surface area contributed by atoms with E-state index in [0.29, 0.717) is 17.4 Å². The Bertz CT molecular complexity index is 715. The number of hydrogen-bond acceptors (Lipinski definition) is 6. The number of carboxylic acid groups (broad SMARTS) is 1. The van der Waals surface area contributed by atoms with Crippen LogP contribution >= 0.6 is 7.82 Å². The number of hydrogen-bond donors (Lipinski definition) is 2. The first-order chi connectivity index (χ1) is 20.0. The molecule has 10 heteroatoms. The second-order valence-corrected chi connectivity index (χ2v) is 14.3. The van der Waals surface area contributed by atoms with Gasteiger partial charge in [-0.05, 0) is 6.42 Å². The van der Waals surface area contributed by atoms with Gasteiger partial charge in [-0.15, -0.1) is 0 Å². The van der Waals surface area contributed by atoms with Crippen LogP contribution in [0.3, 0.4) is 0 Å². The normalized spacial score (nSPS) is 14.0. The number of rotatable bonds is 31. The molecule has 1 unspecified atom stereocenters. The fraction of sp³-hybridized carbons (Fsp3) is 0.938. The van der Waals surface area contributed by atoms with Crippen LogP contribution in [0.15, 0.2) is 0 Å². The zero-order valence-electron chi connectivity index (χ0n) is 27.5. The van der Waals surface area contributed by atoms with Crippen LogP contribution in [0.25, 0.3) is 0 Å². The van der Waals surface area contributed by atoms with Crippen molar-refractivity contribution in [1.29, 1.82) is 0 Å². The highest BCUT2D eigenvalue weighted by Crippen LogP contribution is 2.38. The van der Waals surface area contributed by atoms with E-state index < -0.39 is 32.3 Å². The standard InChI is InChI=1S/C32H65N2O7P/c1-5-6-7-8-9-10-11-12-13-14-15-16-17-18-19-20-21-22-23-24-25-26-31(35)33-30(32(36)37)29-41-42(38,39)40-28-27-34(2,3)4/h30H,5-29H2,1-4H3,(H2-,33,35,36,37,38,39)/t30-/m0/s1. The second kappa shape index (κ2) is 26.4. The lowest BCUT2D eigenvalue weighted by molar-refractivity contribution is -0.870. The highest BCUT2D eigenvalue weighted by molar-refractivity contribution is 7.45. The molecule has 2 N–H and O–H groups in total. The SMILES string of the molecule is CCCCCCCCCCCCCCCCCCCCCCCC(=O)N[C@@H](COP(=O)([O-])OCC[N+](C)(C)C)C(=O)O. The minimum atomic E-state index is -4.65. The van der Waals surface area contributed by atoms with Crippen molar-refractivity contribution in [3.8, 4) is 0 Å². The van der Waals surface area contributed by atoms with Crippen molar-refractivity contribution >= 4 is 19.7 Å². The molecule has 0 aliphatic heterocycles. The summed E-state index contributed by atoms with van der Waals surface area (Å²) >= 11 is 0. The lowest BCUT2D eigenvalue weighted by atomic mass is 10.0. The first-order valence-electron chi connectivity index (χ1n) is 16.9. The zero-order valence-corrected chi connectivity index (χ0v) is 28.4. The summed E-state index contributed by atoms with van der Waals surface area (Å²) in [6.07, 6.45) is 27.3. The summed E-state index contributed by atoms with van der Waals surface area (Å²) in [7, 11) is 1.01. The molecule has 2 atom stereocenters. The topological polar surface area (TPSA) is 125 Å². The minimum Gasteiger partial charge on any atom is -0.756 e. The van der Waals surface area contributed by atoms with Crippen LogP contribution in [0, 0.1) is 0 Å². The minimum absolute atomic E-state index is 0.0755. The number of likely N-dealkylation sites (N-methyl/N-ethyl adjacent to an activating group) is 1. The monoisotopic (exact) mass is 620 g/mol. The highest BCUT2D eigenvalue weighted by Gasteiger charge is 2.23. The van der Waals surface area contributed by atoms with Crippen molar-refractivity contribution < 1.29 is 37.7 Å². The van der Waals surface area contributed by atoms with E-state index in [-0.39, 0.29) is 13.0 Å². The van der Waals surface area contributed by atoms with Crippen molar-refractivity contribution in [3.63, 3.8) is 0 Å². The number of phosphoric ester groups is 1. The van der Waals surface area contributed by atoms with Gasteiger partial charge >= 0.3 is 5.97 Å². The summed E-state index contributed by atoms with van der Waals surface area (Å²) in [6.45, 7) is 1.93. The van der Waals surface area contributed by atoms with E-state index in [4.69, 9.17) is 9.05 Å². The summed E-state index contributed by atoms with van der Waals surface area (Å²) < 4.78 is 21.8. The third-order valence-electron chi connectivity index (χ3n) is 7.55. The van der Waals surface area contributed by atoms with Crippen molar-refractivity contribution in [3.05, 3.63) is 0 Å². The Hall–Kier alpha value is -0.990. The van der Waals surface area contributed by atoms with E-state index in [0.717, 1.165) is 19.3 Å². The number of amides is 1. The number of phosphoric acid groups is 1. The Balaban J connectivity index is 3.63. The first-order valence-corrected chi connectivity index (χ1v) is 18.4. The maximum Gasteiger partial charge on any atom is 0.328 e. The number of carboxylic acids is 1. The number of aliphatic carboxylic acids is 1. The van der Waals surface area contributed by atoms with Crippen LogP contribution in [0.4, 0.5) is 0 Å². The Morgan fingerprint density at radius 1 is 0.714 bits per heavy atom. The molecule has 0 heterocycles. The quantitative estimate of drug-likeness (QED) is 0.0471. The van der Waals surface area contributed by atoms with Gasteiger partial charge in [0.1, 0.15) is 13.2 Å².